The molecule has 6 aromatic rings. The van der Waals surface area contributed by atoms with Crippen molar-refractivity contribution in [2.45, 2.75) is 88.7 Å². The normalized spacial score (nSPS) is 19.2. The first kappa shape index (κ1) is 57.1. The Morgan fingerprint density at radius 1 is 0.637 bits per heavy atom. The largest absolute Gasteiger partial charge is 0.437 e. The quantitative estimate of drug-likeness (QED) is 0.0468. The predicted molar refractivity (Wildman–Crippen MR) is 318 cm³/mol. The molecule has 0 bridgehead atoms. The fourth-order valence-corrected chi connectivity index (χ4v) is 14.0. The van der Waals surface area contributed by atoms with Gasteiger partial charge in [0.15, 0.2) is 0 Å². The van der Waals surface area contributed by atoms with Gasteiger partial charge in [-0.1, -0.05) is 109 Å². The van der Waals surface area contributed by atoms with E-state index in [1.165, 1.54) is 0 Å². The summed E-state index contributed by atoms with van der Waals surface area (Å²) in [5.74, 6) is -0.707. The first-order chi connectivity index (χ1) is 39.1. The molecule has 415 valence electrons. The number of aromatic nitrogens is 2. The van der Waals surface area contributed by atoms with Gasteiger partial charge in [-0.05, 0) is 91.8 Å². The average Bonchev–Trinajstić information content (AvgIpc) is 4.37. The number of nitrogens with zero attached hydrogens (tertiary/aromatic N) is 8. The number of likely N-dealkylation sites (tertiary alicyclic amines) is 2. The summed E-state index contributed by atoms with van der Waals surface area (Å²) in [7, 11) is 1.15. The van der Waals surface area contributed by atoms with E-state index >= 15 is 0 Å². The van der Waals surface area contributed by atoms with Crippen LogP contribution in [0.1, 0.15) is 103 Å². The van der Waals surface area contributed by atoms with Crippen LogP contribution < -0.4 is 5.32 Å². The zero-order valence-electron chi connectivity index (χ0n) is 45.8. The third-order valence-electron chi connectivity index (χ3n) is 16.4. The van der Waals surface area contributed by atoms with E-state index in [1.54, 1.807) is 36.9 Å². The van der Waals surface area contributed by atoms with Crippen LogP contribution in [0.15, 0.2) is 122 Å². The highest BCUT2D eigenvalue weighted by Gasteiger charge is 2.39. The first-order valence-corrected chi connectivity index (χ1v) is 30.3. The SMILES string of the molecule is CB(O)N1CCN(CCCC(=O)C[C@@H](C(=O)N2CCC[C@H]2c2ncc(-c3ccc(-c4ccc(-c5cnc([C@@H]6CCCN6C(=O)[C@H](NC(=O)CCCN6CCN([B]C=O)CC6)c6ccccc6)s5)cc4)cc3)s2)c2ccccc2)CC1. The lowest BCUT2D eigenvalue weighted by molar-refractivity contribution is -0.137. The minimum absolute atomic E-state index is 0.00549. The van der Waals surface area contributed by atoms with E-state index in [0.717, 1.165) is 157 Å². The summed E-state index contributed by atoms with van der Waals surface area (Å²) in [6.07, 6.45) is 10.4. The number of rotatable bonds is 23. The van der Waals surface area contributed by atoms with Gasteiger partial charge in [0.2, 0.25) is 17.7 Å². The van der Waals surface area contributed by atoms with Crippen LogP contribution in [-0.4, -0.2) is 167 Å². The first-order valence-electron chi connectivity index (χ1n) is 28.6. The molecular formula is C61H72B2N9O6S2. The monoisotopic (exact) mass is 1110 g/mol. The molecule has 0 spiro atoms. The van der Waals surface area contributed by atoms with Gasteiger partial charge in [0.25, 0.3) is 7.41 Å². The number of thiazole rings is 2. The Bertz CT molecular complexity index is 3010. The van der Waals surface area contributed by atoms with Crippen LogP contribution in [-0.2, 0) is 24.0 Å². The van der Waals surface area contributed by atoms with Crippen molar-refractivity contribution < 1.29 is 29.0 Å². The summed E-state index contributed by atoms with van der Waals surface area (Å²) in [5.41, 5.74) is 5.92. The molecule has 4 aliphatic heterocycles. The third kappa shape index (κ3) is 14.3. The summed E-state index contributed by atoms with van der Waals surface area (Å²) < 4.78 is 0. The fraction of sp³-hybridized carbons (Fsp3) is 0.426. The fourth-order valence-electron chi connectivity index (χ4n) is 11.8. The molecule has 4 aromatic carbocycles. The van der Waals surface area contributed by atoms with Crippen molar-refractivity contribution in [1.29, 1.82) is 0 Å². The van der Waals surface area contributed by atoms with Gasteiger partial charge in [-0.25, -0.2) is 9.97 Å². The van der Waals surface area contributed by atoms with E-state index in [2.05, 4.69) is 68.5 Å². The second kappa shape index (κ2) is 27.5. The molecule has 2 aromatic heterocycles. The molecule has 1 radical (unpaired) electrons. The number of piperazine rings is 2. The summed E-state index contributed by atoms with van der Waals surface area (Å²) in [5, 5.41) is 14.8. The Balaban J connectivity index is 0.735. The highest BCUT2D eigenvalue weighted by molar-refractivity contribution is 7.15. The van der Waals surface area contributed by atoms with Crippen LogP contribution in [0.3, 0.4) is 0 Å². The molecule has 15 nitrogen and oxygen atoms in total. The number of nitrogens with one attached hydrogen (secondary N) is 1. The zero-order valence-corrected chi connectivity index (χ0v) is 47.5. The van der Waals surface area contributed by atoms with Crippen molar-refractivity contribution in [3.63, 3.8) is 0 Å². The van der Waals surface area contributed by atoms with E-state index < -0.39 is 19.0 Å². The maximum absolute atomic E-state index is 14.6. The Morgan fingerprint density at radius 3 is 1.65 bits per heavy atom. The molecule has 4 aliphatic rings. The Labute approximate surface area is 479 Å². The molecule has 0 saturated carbocycles. The number of hydrogen-bond donors (Lipinski definition) is 2. The Kier molecular flexibility index (Phi) is 19.6. The number of hydrogen-bond acceptors (Lipinski definition) is 14. The number of benzene rings is 4. The molecule has 80 heavy (non-hydrogen) atoms. The van der Waals surface area contributed by atoms with E-state index in [0.29, 0.717) is 32.4 Å². The van der Waals surface area contributed by atoms with Gasteiger partial charge in [0.05, 0.1) is 33.9 Å². The summed E-state index contributed by atoms with van der Waals surface area (Å²) in [4.78, 5) is 91.4. The van der Waals surface area contributed by atoms with Crippen LogP contribution in [0, 0.1) is 0 Å². The van der Waals surface area contributed by atoms with Crippen molar-refractivity contribution in [2.24, 2.45) is 0 Å². The summed E-state index contributed by atoms with van der Waals surface area (Å²) in [6.45, 7) is 11.3. The molecule has 6 heterocycles. The standard InChI is InChI=1S/C61H72B2N9O6S2/c1-63(78)70-38-34-68(35-39-70)28-8-16-50(74)40-51(46-12-4-2-5-13-46)60(76)71-30-9-17-52(71)58-64-41-54(79-58)47-24-20-44(21-25-47)45-22-26-48(27-23-45)55-42-65-59(80-55)53-18-10-31-72(53)61(77)57(49-14-6-3-7-15-49)66-56(75)19-11-29-67-32-36-69(37-33-67)62-43-73/h2-7,12-15,20-27,41-43,51-53,57,78H,8-11,16-19,28-40H2,1H3,(H,66,75)/t51-,52+,53+,57-/m1/s1. The molecular weight excluding hydrogens is 1040 g/mol. The van der Waals surface area contributed by atoms with Crippen LogP contribution in [0.25, 0.3) is 32.0 Å². The van der Waals surface area contributed by atoms with Crippen molar-refractivity contribution in [3.05, 3.63) is 143 Å². The van der Waals surface area contributed by atoms with Crippen molar-refractivity contribution >= 4 is 66.8 Å². The van der Waals surface area contributed by atoms with E-state index in [9.17, 15) is 29.0 Å². The minimum Gasteiger partial charge on any atom is -0.437 e. The smallest absolute Gasteiger partial charge is 0.376 e. The number of ketones is 1. The lowest BCUT2D eigenvalue weighted by Gasteiger charge is -2.35. The van der Waals surface area contributed by atoms with Gasteiger partial charge in [-0.2, -0.15) is 0 Å². The third-order valence-corrected chi connectivity index (χ3v) is 18.7. The highest BCUT2D eigenvalue weighted by atomic mass is 32.1. The molecule has 4 atom stereocenters. The van der Waals surface area contributed by atoms with Crippen LogP contribution >= 0.6 is 22.7 Å². The van der Waals surface area contributed by atoms with Gasteiger partial charge in [-0.3, -0.25) is 19.2 Å². The topological polar surface area (TPSA) is 163 Å². The van der Waals surface area contributed by atoms with Crippen molar-refractivity contribution in [3.8, 4) is 32.0 Å². The number of amides is 3. The Morgan fingerprint density at radius 2 is 1.12 bits per heavy atom. The van der Waals surface area contributed by atoms with E-state index in [-0.39, 0.29) is 42.0 Å². The van der Waals surface area contributed by atoms with Crippen molar-refractivity contribution in [1.82, 2.24) is 44.5 Å². The van der Waals surface area contributed by atoms with Gasteiger partial charge >= 0.3 is 7.05 Å². The maximum atomic E-state index is 14.6. The molecule has 0 aliphatic carbocycles. The molecule has 4 saturated heterocycles. The Hall–Kier alpha value is -6.18. The molecule has 3 amide bonds. The number of Topliss-reactive ketones (excluding diaryl/α,β-unsaturated/α-hetero) is 1. The second-order valence-electron chi connectivity index (χ2n) is 21.7. The van der Waals surface area contributed by atoms with E-state index in [1.807, 2.05) is 87.7 Å². The highest BCUT2D eigenvalue weighted by Crippen LogP contribution is 2.42. The van der Waals surface area contributed by atoms with Gasteiger partial charge in [0, 0.05) is 97.1 Å². The summed E-state index contributed by atoms with van der Waals surface area (Å²) in [6, 6.07) is 35.2. The van der Waals surface area contributed by atoms with Gasteiger partial charge < -0.3 is 44.4 Å². The van der Waals surface area contributed by atoms with E-state index in [4.69, 9.17) is 9.97 Å². The lowest BCUT2D eigenvalue weighted by Crippen LogP contribution is -2.51. The number of carbonyl (C=O) groups is 5. The lowest BCUT2D eigenvalue weighted by atomic mass is 9.84. The van der Waals surface area contributed by atoms with Crippen molar-refractivity contribution in [2.75, 3.05) is 78.5 Å². The molecule has 2 N–H and O–H groups in total. The summed E-state index contributed by atoms with van der Waals surface area (Å²) >= 11 is 3.24. The minimum atomic E-state index is -0.798. The average molecular weight is 1110 g/mol. The number of carbonyl (C=O) groups excluding carboxylic acids is 5. The predicted octanol–water partition coefficient (Wildman–Crippen LogP) is 8.24. The molecule has 4 fully saturated rings. The molecule has 10 rings (SSSR count). The molecule has 0 unspecified atom stereocenters. The maximum Gasteiger partial charge on any atom is 0.376 e. The van der Waals surface area contributed by atoms with Crippen LogP contribution in [0.4, 0.5) is 0 Å². The van der Waals surface area contributed by atoms with Gasteiger partial charge in [-0.15, -0.1) is 22.7 Å². The molecule has 19 heteroatoms. The second-order valence-corrected chi connectivity index (χ2v) is 23.8. The zero-order chi connectivity index (χ0) is 55.4. The van der Waals surface area contributed by atoms with Crippen LogP contribution in [0.5, 0.6) is 0 Å². The van der Waals surface area contributed by atoms with Crippen LogP contribution in [0.2, 0.25) is 6.82 Å². The van der Waals surface area contributed by atoms with Gasteiger partial charge in [0.1, 0.15) is 21.8 Å².